The molecule has 4 aromatic rings. The van der Waals surface area contributed by atoms with Gasteiger partial charge in [0.25, 0.3) is 0 Å². The van der Waals surface area contributed by atoms with Gasteiger partial charge in [-0.15, -0.1) is 0 Å². The topological polar surface area (TPSA) is 99.9 Å². The molecule has 1 aliphatic rings. The van der Waals surface area contributed by atoms with Crippen LogP contribution in [0.5, 0.6) is 0 Å². The highest BCUT2D eigenvalue weighted by atomic mass is 32.1. The molecule has 0 saturated carbocycles. The SMILES string of the molecule is C/C1=N\CC(Cc2ccc(N=C=S)cc2)/N=C(\C)c2cccc(n2)/C(C)=N/CC(Cc2ccc(N=C=S)cc2)/N=C(\C)c2cccc1n2. The van der Waals surface area contributed by atoms with Gasteiger partial charge in [-0.2, -0.15) is 9.98 Å². The summed E-state index contributed by atoms with van der Waals surface area (Å²) in [6.45, 7) is 8.95. The molecule has 2 aromatic heterocycles. The van der Waals surface area contributed by atoms with Crippen molar-refractivity contribution in [2.24, 2.45) is 30.0 Å². The number of fused-ring (bicyclic) bond motifs is 4. The van der Waals surface area contributed by atoms with Gasteiger partial charge in [-0.05, 0) is 125 Å². The molecule has 0 saturated heterocycles. The fraction of sp³-hybridized carbons (Fsp3) is 0.263. The first kappa shape index (κ1) is 34.4. The van der Waals surface area contributed by atoms with E-state index in [1.807, 2.05) is 113 Å². The number of aliphatic imine (C=N–C) groups is 6. The monoisotopic (exact) mass is 668 g/mol. The second-order valence-corrected chi connectivity index (χ2v) is 11.9. The molecule has 0 fully saturated rings. The summed E-state index contributed by atoms with van der Waals surface area (Å²) < 4.78 is 0. The maximum atomic E-state index is 5.15. The van der Waals surface area contributed by atoms with Crippen LogP contribution in [0.25, 0.3) is 0 Å². The molecule has 5 rings (SSSR count). The summed E-state index contributed by atoms with van der Waals surface area (Å²) in [6, 6.07) is 27.6. The second-order valence-electron chi connectivity index (χ2n) is 11.6. The Morgan fingerprint density at radius 2 is 0.896 bits per heavy atom. The van der Waals surface area contributed by atoms with Gasteiger partial charge in [0.05, 0.1) is 92.5 Å². The number of thiocarbonyl (C=S) groups is 2. The van der Waals surface area contributed by atoms with Crippen molar-refractivity contribution in [1.29, 1.82) is 0 Å². The summed E-state index contributed by atoms with van der Waals surface area (Å²) in [5.41, 5.74) is 10.4. The third kappa shape index (κ3) is 9.53. The van der Waals surface area contributed by atoms with E-state index in [0.29, 0.717) is 25.9 Å². The van der Waals surface area contributed by atoms with Crippen LogP contribution in [0.1, 0.15) is 61.6 Å². The molecular weight excluding hydrogens is 633 g/mol. The molecule has 0 aliphatic carbocycles. The quantitative estimate of drug-likeness (QED) is 0.153. The molecule has 2 unspecified atom stereocenters. The van der Waals surface area contributed by atoms with Gasteiger partial charge in [0.2, 0.25) is 0 Å². The van der Waals surface area contributed by atoms with Crippen molar-refractivity contribution in [1.82, 2.24) is 9.97 Å². The van der Waals surface area contributed by atoms with Crippen LogP contribution in [-0.2, 0) is 12.8 Å². The summed E-state index contributed by atoms with van der Waals surface area (Å²) in [5, 5.41) is 4.84. The number of rotatable bonds is 6. The lowest BCUT2D eigenvalue weighted by molar-refractivity contribution is 0.680. The average Bonchev–Trinajstić information content (AvgIpc) is 3.10. The van der Waals surface area contributed by atoms with E-state index in [1.165, 1.54) is 0 Å². The largest absolute Gasteiger partial charge is 0.286 e. The van der Waals surface area contributed by atoms with Crippen molar-refractivity contribution >= 4 is 69.0 Å². The van der Waals surface area contributed by atoms with Crippen LogP contribution in [0.2, 0.25) is 0 Å². The van der Waals surface area contributed by atoms with E-state index < -0.39 is 0 Å². The van der Waals surface area contributed by atoms with Crippen LogP contribution in [0, 0.1) is 0 Å². The summed E-state index contributed by atoms with van der Waals surface area (Å²) >= 11 is 9.51. The van der Waals surface area contributed by atoms with Crippen molar-refractivity contribution in [2.45, 2.75) is 52.6 Å². The third-order valence-corrected chi connectivity index (χ3v) is 8.16. The third-order valence-electron chi connectivity index (χ3n) is 7.98. The molecular formula is C38H36N8S2. The first-order valence-electron chi connectivity index (χ1n) is 15.7. The number of pyridine rings is 2. The van der Waals surface area contributed by atoms with Gasteiger partial charge in [-0.3, -0.25) is 20.0 Å². The van der Waals surface area contributed by atoms with Gasteiger partial charge in [-0.25, -0.2) is 9.97 Å². The molecule has 0 N–H and O–H groups in total. The number of hydrogen-bond donors (Lipinski definition) is 0. The second kappa shape index (κ2) is 16.7. The van der Waals surface area contributed by atoms with Crippen LogP contribution >= 0.6 is 24.4 Å². The Labute approximate surface area is 292 Å². The van der Waals surface area contributed by atoms with Crippen molar-refractivity contribution in [2.75, 3.05) is 13.1 Å². The lowest BCUT2D eigenvalue weighted by Crippen LogP contribution is -2.19. The van der Waals surface area contributed by atoms with Crippen LogP contribution in [-0.4, -0.2) is 68.3 Å². The molecule has 8 nitrogen and oxygen atoms in total. The van der Waals surface area contributed by atoms with E-state index in [2.05, 4.69) is 20.3 Å². The molecule has 0 spiro atoms. The molecule has 240 valence electrons. The van der Waals surface area contributed by atoms with Gasteiger partial charge in [-0.1, -0.05) is 36.4 Å². The van der Waals surface area contributed by atoms with Gasteiger partial charge in [0.1, 0.15) is 0 Å². The smallest absolute Gasteiger partial charge is 0.0845 e. The Hall–Kier alpha value is -4.98. The highest BCUT2D eigenvalue weighted by molar-refractivity contribution is 7.78. The zero-order valence-electron chi connectivity index (χ0n) is 27.5. The molecule has 10 heteroatoms. The van der Waals surface area contributed by atoms with Crippen LogP contribution in [0.3, 0.4) is 0 Å². The molecule has 2 aromatic carbocycles. The maximum absolute atomic E-state index is 5.15. The molecule has 1 aliphatic heterocycles. The van der Waals surface area contributed by atoms with E-state index in [1.54, 1.807) is 0 Å². The summed E-state index contributed by atoms with van der Waals surface area (Å²) in [4.78, 5) is 38.3. The van der Waals surface area contributed by atoms with E-state index in [9.17, 15) is 0 Å². The highest BCUT2D eigenvalue weighted by Crippen LogP contribution is 2.18. The Morgan fingerprint density at radius 3 is 1.25 bits per heavy atom. The number of aromatic nitrogens is 2. The van der Waals surface area contributed by atoms with Crippen molar-refractivity contribution in [3.05, 3.63) is 119 Å². The van der Waals surface area contributed by atoms with Crippen LogP contribution in [0.4, 0.5) is 11.4 Å². The minimum Gasteiger partial charge on any atom is -0.286 e. The molecule has 2 atom stereocenters. The molecule has 0 amide bonds. The van der Waals surface area contributed by atoms with Gasteiger partial charge in [0, 0.05) is 0 Å². The van der Waals surface area contributed by atoms with Gasteiger partial charge < -0.3 is 0 Å². The molecule has 0 radical (unpaired) electrons. The Balaban J connectivity index is 1.53. The van der Waals surface area contributed by atoms with Gasteiger partial charge in [0.15, 0.2) is 0 Å². The molecule has 4 bridgehead atoms. The minimum absolute atomic E-state index is 0.124. The van der Waals surface area contributed by atoms with Crippen LogP contribution in [0.15, 0.2) is 115 Å². The number of isothiocyanates is 2. The first-order valence-corrected chi connectivity index (χ1v) is 16.5. The first-order chi connectivity index (χ1) is 23.3. The van der Waals surface area contributed by atoms with E-state index >= 15 is 0 Å². The summed E-state index contributed by atoms with van der Waals surface area (Å²) in [5.74, 6) is 0. The highest BCUT2D eigenvalue weighted by Gasteiger charge is 2.15. The lowest BCUT2D eigenvalue weighted by Gasteiger charge is -2.15. The van der Waals surface area contributed by atoms with Gasteiger partial charge >= 0.3 is 0 Å². The number of hydrogen-bond acceptors (Lipinski definition) is 10. The summed E-state index contributed by atoms with van der Waals surface area (Å²) in [7, 11) is 0. The lowest BCUT2D eigenvalue weighted by atomic mass is 10.0. The maximum Gasteiger partial charge on any atom is 0.0845 e. The molecule has 48 heavy (non-hydrogen) atoms. The Morgan fingerprint density at radius 1 is 0.542 bits per heavy atom. The molecule has 3 heterocycles. The van der Waals surface area contributed by atoms with Crippen molar-refractivity contribution in [3.63, 3.8) is 0 Å². The van der Waals surface area contributed by atoms with Crippen LogP contribution < -0.4 is 0 Å². The standard InChI is InChI=1S/C38H36N8S2/c1-25-35-7-5-9-37(45-35)27(3)44-34(20-30-13-17-32(18-14-30)42-24-48)22-40-26(2)36-8-6-10-38(46-36)28(4)43-33(21-39-25)19-29-11-15-31(16-12-29)41-23-47/h5-18,33-34H,19-22H2,1-4H3/b39-25+,40-26+,43-28+,44-27+. The average molecular weight is 669 g/mol. The fourth-order valence-corrected chi connectivity index (χ4v) is 5.58. The predicted octanol–water partition coefficient (Wildman–Crippen LogP) is 8.12. The number of nitrogens with zero attached hydrogens (tertiary/aromatic N) is 8. The normalized spacial score (nSPS) is 21.2. The number of benzene rings is 2. The van der Waals surface area contributed by atoms with Crippen molar-refractivity contribution in [3.8, 4) is 0 Å². The van der Waals surface area contributed by atoms with E-state index in [-0.39, 0.29) is 12.1 Å². The minimum atomic E-state index is -0.124. The predicted molar refractivity (Wildman–Crippen MR) is 204 cm³/mol. The van der Waals surface area contributed by atoms with Crippen molar-refractivity contribution < 1.29 is 0 Å². The zero-order valence-corrected chi connectivity index (χ0v) is 29.1. The fourth-order valence-electron chi connectivity index (χ4n) is 5.37. The van der Waals surface area contributed by atoms with E-state index in [4.69, 9.17) is 54.4 Å². The summed E-state index contributed by atoms with van der Waals surface area (Å²) in [6.07, 6.45) is 1.39. The van der Waals surface area contributed by atoms with E-state index in [0.717, 1.165) is 68.1 Å². The Kier molecular flexibility index (Phi) is 12.0. The zero-order chi connectivity index (χ0) is 33.9. The Bertz CT molecular complexity index is 1840.